The summed E-state index contributed by atoms with van der Waals surface area (Å²) in [6.45, 7) is 3.70. The molecule has 0 fully saturated rings. The molecule has 0 saturated heterocycles. The predicted molar refractivity (Wildman–Crippen MR) is 59.3 cm³/mol. The van der Waals surface area contributed by atoms with E-state index < -0.39 is 18.1 Å². The van der Waals surface area contributed by atoms with Gasteiger partial charge < -0.3 is 16.5 Å². The highest BCUT2D eigenvalue weighted by atomic mass is 19.1. The summed E-state index contributed by atoms with van der Waals surface area (Å²) in [5, 5.41) is 0. The van der Waals surface area contributed by atoms with Crippen molar-refractivity contribution in [3.05, 3.63) is 28.6 Å². The first kappa shape index (κ1) is 10.9. The number of halogens is 1. The first-order chi connectivity index (χ1) is 7.43. The van der Waals surface area contributed by atoms with Crippen LogP contribution in [0.25, 0.3) is 5.57 Å². The van der Waals surface area contributed by atoms with Crippen molar-refractivity contribution in [2.75, 3.05) is 0 Å². The van der Waals surface area contributed by atoms with Crippen molar-refractivity contribution in [2.45, 2.75) is 26.1 Å². The van der Waals surface area contributed by atoms with Crippen molar-refractivity contribution >= 4 is 11.5 Å². The molecule has 0 bridgehead atoms. The number of aromatic nitrogens is 1. The fourth-order valence-corrected chi connectivity index (χ4v) is 2.08. The highest BCUT2D eigenvalue weighted by Gasteiger charge is 2.32. The van der Waals surface area contributed by atoms with Crippen LogP contribution in [0.2, 0.25) is 0 Å². The van der Waals surface area contributed by atoms with Gasteiger partial charge in [-0.3, -0.25) is 4.79 Å². The molecule has 86 valence electrons. The van der Waals surface area contributed by atoms with E-state index >= 15 is 0 Å². The number of H-pyrrole nitrogens is 1. The second-order valence-electron chi connectivity index (χ2n) is 4.08. The molecule has 1 amide bonds. The van der Waals surface area contributed by atoms with Crippen LogP contribution in [0.3, 0.4) is 0 Å². The number of alkyl halides is 1. The van der Waals surface area contributed by atoms with Crippen molar-refractivity contribution in [3.63, 3.8) is 0 Å². The van der Waals surface area contributed by atoms with Gasteiger partial charge in [0.15, 0.2) is 0 Å². The van der Waals surface area contributed by atoms with Crippen molar-refractivity contribution in [1.82, 2.24) is 4.98 Å². The minimum absolute atomic E-state index is 0.181. The largest absolute Gasteiger partial charge is 0.366 e. The Labute approximate surface area is 92.5 Å². The Balaban J connectivity index is 2.68. The molecular formula is C11H14FN3O. The molecule has 1 aliphatic rings. The quantitative estimate of drug-likeness (QED) is 0.659. The van der Waals surface area contributed by atoms with Gasteiger partial charge in [-0.1, -0.05) is 0 Å². The first-order valence-corrected chi connectivity index (χ1v) is 5.04. The first-order valence-electron chi connectivity index (χ1n) is 5.04. The maximum absolute atomic E-state index is 13.6. The van der Waals surface area contributed by atoms with E-state index in [-0.39, 0.29) is 5.57 Å². The third-order valence-corrected chi connectivity index (χ3v) is 3.09. The number of hydrogen-bond donors (Lipinski definition) is 3. The molecule has 0 spiro atoms. The Morgan fingerprint density at radius 1 is 1.50 bits per heavy atom. The normalized spacial score (nSPS) is 23.9. The number of fused-ring (bicyclic) bond motifs is 1. The van der Waals surface area contributed by atoms with Gasteiger partial charge in [-0.25, -0.2) is 4.39 Å². The van der Waals surface area contributed by atoms with Crippen LogP contribution in [0.5, 0.6) is 0 Å². The molecule has 2 atom stereocenters. The van der Waals surface area contributed by atoms with Gasteiger partial charge in [0.1, 0.15) is 6.17 Å². The summed E-state index contributed by atoms with van der Waals surface area (Å²) < 4.78 is 13.6. The zero-order chi connectivity index (χ0) is 12.0. The maximum atomic E-state index is 13.6. The van der Waals surface area contributed by atoms with Crippen molar-refractivity contribution < 1.29 is 9.18 Å². The number of hydrogen-bond acceptors (Lipinski definition) is 2. The Morgan fingerprint density at radius 2 is 2.12 bits per heavy atom. The average molecular weight is 223 g/mol. The molecule has 5 N–H and O–H groups in total. The van der Waals surface area contributed by atoms with Crippen LogP contribution in [0, 0.1) is 13.8 Å². The van der Waals surface area contributed by atoms with Gasteiger partial charge in [0.25, 0.3) is 5.91 Å². The molecule has 4 nitrogen and oxygen atoms in total. The van der Waals surface area contributed by atoms with E-state index in [2.05, 4.69) is 4.98 Å². The van der Waals surface area contributed by atoms with Crippen molar-refractivity contribution in [2.24, 2.45) is 11.5 Å². The van der Waals surface area contributed by atoms with E-state index in [1.807, 2.05) is 13.8 Å². The SMILES string of the molecule is Cc1[nH]c2c(c1C)C(N)[C@H](F)C=C2C(N)=O. The number of primary amides is 1. The van der Waals surface area contributed by atoms with Crippen molar-refractivity contribution in [1.29, 1.82) is 0 Å². The maximum Gasteiger partial charge on any atom is 0.250 e. The monoisotopic (exact) mass is 223 g/mol. The minimum atomic E-state index is -1.37. The summed E-state index contributed by atoms with van der Waals surface area (Å²) in [6, 6.07) is -0.733. The summed E-state index contributed by atoms with van der Waals surface area (Å²) in [5.74, 6) is -0.642. The van der Waals surface area contributed by atoms with E-state index in [4.69, 9.17) is 11.5 Å². The molecule has 2 rings (SSSR count). The third-order valence-electron chi connectivity index (χ3n) is 3.09. The number of carbonyl (C=O) groups excluding carboxylic acids is 1. The van der Waals surface area contributed by atoms with Gasteiger partial charge in [-0.05, 0) is 25.5 Å². The van der Waals surface area contributed by atoms with Gasteiger partial charge in [-0.2, -0.15) is 0 Å². The number of nitrogens with two attached hydrogens (primary N) is 2. The molecule has 1 aliphatic carbocycles. The number of nitrogens with one attached hydrogen (secondary N) is 1. The molecular weight excluding hydrogens is 209 g/mol. The molecule has 0 aliphatic heterocycles. The Kier molecular flexibility index (Phi) is 2.35. The zero-order valence-electron chi connectivity index (χ0n) is 9.17. The van der Waals surface area contributed by atoms with Gasteiger partial charge in [-0.15, -0.1) is 0 Å². The van der Waals surface area contributed by atoms with E-state index in [1.165, 1.54) is 6.08 Å². The number of amides is 1. The number of carbonyl (C=O) groups is 1. The van der Waals surface area contributed by atoms with E-state index in [0.29, 0.717) is 11.3 Å². The fraction of sp³-hybridized carbons (Fsp3) is 0.364. The van der Waals surface area contributed by atoms with Crippen LogP contribution in [0.1, 0.15) is 28.6 Å². The molecule has 1 aromatic heterocycles. The third kappa shape index (κ3) is 1.36. The average Bonchev–Trinajstić information content (AvgIpc) is 2.49. The molecule has 16 heavy (non-hydrogen) atoms. The summed E-state index contributed by atoms with van der Waals surface area (Å²) >= 11 is 0. The number of rotatable bonds is 1. The van der Waals surface area contributed by atoms with Gasteiger partial charge in [0.05, 0.1) is 17.3 Å². The standard InChI is InChI=1S/C11H14FN3O/c1-4-5(2)15-10-6(11(14)16)3-7(12)9(13)8(4)10/h3,7,9,15H,13H2,1-2H3,(H2,14,16)/t7-,9?/m1/s1. The lowest BCUT2D eigenvalue weighted by Crippen LogP contribution is -2.29. The zero-order valence-corrected chi connectivity index (χ0v) is 9.17. The van der Waals surface area contributed by atoms with Crippen molar-refractivity contribution in [3.8, 4) is 0 Å². The summed E-state index contributed by atoms with van der Waals surface area (Å²) in [4.78, 5) is 14.2. The summed E-state index contributed by atoms with van der Waals surface area (Å²) in [6.07, 6.45) is -0.186. The van der Waals surface area contributed by atoms with Crippen LogP contribution in [-0.2, 0) is 4.79 Å². The van der Waals surface area contributed by atoms with E-state index in [1.54, 1.807) is 0 Å². The van der Waals surface area contributed by atoms with Crippen LogP contribution >= 0.6 is 0 Å². The number of aryl methyl sites for hydroxylation is 1. The van der Waals surface area contributed by atoms with Gasteiger partial charge >= 0.3 is 0 Å². The van der Waals surface area contributed by atoms with Crippen LogP contribution < -0.4 is 11.5 Å². The lowest BCUT2D eigenvalue weighted by atomic mass is 9.89. The predicted octanol–water partition coefficient (Wildman–Crippen LogP) is 0.852. The lowest BCUT2D eigenvalue weighted by molar-refractivity contribution is -0.112. The van der Waals surface area contributed by atoms with Crippen LogP contribution in [0.4, 0.5) is 4.39 Å². The lowest BCUT2D eigenvalue weighted by Gasteiger charge is -2.22. The second kappa shape index (κ2) is 3.45. The Morgan fingerprint density at radius 3 is 2.69 bits per heavy atom. The van der Waals surface area contributed by atoms with E-state index in [0.717, 1.165) is 11.3 Å². The topological polar surface area (TPSA) is 84.9 Å². The second-order valence-corrected chi connectivity index (χ2v) is 4.08. The summed E-state index contributed by atoms with van der Waals surface area (Å²) in [7, 11) is 0. The molecule has 1 unspecified atom stereocenters. The summed E-state index contributed by atoms with van der Waals surface area (Å²) in [5.41, 5.74) is 14.1. The van der Waals surface area contributed by atoms with E-state index in [9.17, 15) is 9.18 Å². The smallest absolute Gasteiger partial charge is 0.250 e. The Bertz CT molecular complexity index is 490. The fourth-order valence-electron chi connectivity index (χ4n) is 2.08. The molecule has 5 heteroatoms. The van der Waals surface area contributed by atoms with Crippen LogP contribution in [-0.4, -0.2) is 17.1 Å². The van der Waals surface area contributed by atoms with Gasteiger partial charge in [0, 0.05) is 11.3 Å². The highest BCUT2D eigenvalue weighted by molar-refractivity contribution is 6.19. The Hall–Kier alpha value is -1.62. The molecule has 0 radical (unpaired) electrons. The molecule has 1 heterocycles. The van der Waals surface area contributed by atoms with Crippen LogP contribution in [0.15, 0.2) is 6.08 Å². The molecule has 0 saturated carbocycles. The van der Waals surface area contributed by atoms with Gasteiger partial charge in [0.2, 0.25) is 0 Å². The molecule has 0 aromatic carbocycles. The minimum Gasteiger partial charge on any atom is -0.366 e. The number of aromatic amines is 1. The molecule has 1 aromatic rings. The highest BCUT2D eigenvalue weighted by Crippen LogP contribution is 2.36.